The van der Waals surface area contributed by atoms with E-state index in [1.807, 2.05) is 0 Å². The van der Waals surface area contributed by atoms with Gasteiger partial charge in [-0.15, -0.1) is 0 Å². The maximum Gasteiger partial charge on any atom is 0.306 e. The number of hydrogen-bond donors (Lipinski definition) is 3. The van der Waals surface area contributed by atoms with Crippen LogP contribution in [-0.2, 0) is 33.4 Å². The number of Topliss-reactive ketones (excluding diaryl/α,β-unsaturated/α-hetero) is 2. The zero-order chi connectivity index (χ0) is 30.6. The minimum atomic E-state index is -1.05. The minimum absolute atomic E-state index is 0.0334. The van der Waals surface area contributed by atoms with Gasteiger partial charge in [0.05, 0.1) is 25.7 Å². The molecule has 0 spiro atoms. The fourth-order valence-corrected chi connectivity index (χ4v) is 4.50. The van der Waals surface area contributed by atoms with Gasteiger partial charge in [0.15, 0.2) is 5.78 Å². The van der Waals surface area contributed by atoms with E-state index in [1.54, 1.807) is 0 Å². The van der Waals surface area contributed by atoms with Crippen molar-refractivity contribution in [2.75, 3.05) is 33.0 Å². The normalized spacial score (nSPS) is 11.7. The van der Waals surface area contributed by atoms with Gasteiger partial charge in [0.25, 0.3) is 0 Å². The summed E-state index contributed by atoms with van der Waals surface area (Å²) in [6.45, 7) is 2.68. The second kappa shape index (κ2) is 27.8. The van der Waals surface area contributed by atoms with E-state index >= 15 is 0 Å². The summed E-state index contributed by atoms with van der Waals surface area (Å²) >= 11 is 0. The molecule has 0 saturated heterocycles. The van der Waals surface area contributed by atoms with E-state index in [0.29, 0.717) is 26.2 Å². The number of amides is 1. The van der Waals surface area contributed by atoms with Crippen LogP contribution in [0.1, 0.15) is 129 Å². The number of nitrogens with one attached hydrogen (secondary N) is 1. The smallest absolute Gasteiger partial charge is 0.306 e. The number of hydrogen-bond acceptors (Lipinski definition) is 7. The largest absolute Gasteiger partial charge is 0.481 e. The first-order chi connectivity index (χ1) is 19.7. The molecule has 3 N–H and O–H groups in total. The molecule has 10 nitrogen and oxygen atoms in total. The van der Waals surface area contributed by atoms with Gasteiger partial charge in [-0.2, -0.15) is 0 Å². The lowest BCUT2D eigenvalue weighted by Crippen LogP contribution is -2.29. The van der Waals surface area contributed by atoms with Crippen LogP contribution in [0.4, 0.5) is 0 Å². The van der Waals surface area contributed by atoms with Crippen LogP contribution in [0.2, 0.25) is 0 Å². The number of carbonyl (C=O) groups excluding carboxylic acids is 3. The van der Waals surface area contributed by atoms with Gasteiger partial charge in [-0.1, -0.05) is 77.0 Å². The monoisotopic (exact) mass is 585 g/mol. The molecule has 0 aliphatic carbocycles. The highest BCUT2D eigenvalue weighted by atomic mass is 16.5. The quantitative estimate of drug-likeness (QED) is 0.0895. The van der Waals surface area contributed by atoms with Gasteiger partial charge in [-0.3, -0.25) is 24.0 Å². The number of ketones is 2. The van der Waals surface area contributed by atoms with Gasteiger partial charge >= 0.3 is 11.9 Å². The summed E-state index contributed by atoms with van der Waals surface area (Å²) in [4.78, 5) is 57.0. The molecule has 1 atom stereocenters. The number of carboxylic acids is 2. The Hall–Kier alpha value is -2.33. The third-order valence-electron chi connectivity index (χ3n) is 6.89. The molecule has 0 aromatic carbocycles. The Kier molecular flexibility index (Phi) is 26.2. The van der Waals surface area contributed by atoms with E-state index < -0.39 is 17.9 Å². The van der Waals surface area contributed by atoms with Gasteiger partial charge in [-0.05, 0) is 26.2 Å². The van der Waals surface area contributed by atoms with Crippen molar-refractivity contribution in [3.05, 3.63) is 0 Å². The molecule has 0 unspecified atom stereocenters. The van der Waals surface area contributed by atoms with Crippen molar-refractivity contribution in [2.45, 2.75) is 129 Å². The zero-order valence-corrected chi connectivity index (χ0v) is 25.3. The van der Waals surface area contributed by atoms with Gasteiger partial charge in [0.1, 0.15) is 12.4 Å². The summed E-state index contributed by atoms with van der Waals surface area (Å²) < 4.78 is 10.4. The molecular weight excluding hydrogens is 530 g/mol. The first-order valence-electron chi connectivity index (χ1n) is 15.6. The molecule has 0 heterocycles. The Balaban J connectivity index is 3.66. The summed E-state index contributed by atoms with van der Waals surface area (Å²) in [6, 6.07) is 0. The van der Waals surface area contributed by atoms with Gasteiger partial charge < -0.3 is 25.0 Å². The van der Waals surface area contributed by atoms with Gasteiger partial charge in [0, 0.05) is 32.2 Å². The minimum Gasteiger partial charge on any atom is -0.481 e. The number of ether oxygens (including phenoxy) is 2. The van der Waals surface area contributed by atoms with E-state index in [2.05, 4.69) is 5.32 Å². The lowest BCUT2D eigenvalue weighted by Gasteiger charge is -2.12. The van der Waals surface area contributed by atoms with Crippen molar-refractivity contribution in [1.29, 1.82) is 0 Å². The average Bonchev–Trinajstić information content (AvgIpc) is 2.91. The van der Waals surface area contributed by atoms with E-state index in [4.69, 9.17) is 14.6 Å². The molecule has 238 valence electrons. The van der Waals surface area contributed by atoms with Crippen LogP contribution in [0.25, 0.3) is 0 Å². The molecule has 0 aliphatic rings. The van der Waals surface area contributed by atoms with Gasteiger partial charge in [-0.25, -0.2) is 0 Å². The summed E-state index contributed by atoms with van der Waals surface area (Å²) in [7, 11) is 0. The molecule has 41 heavy (non-hydrogen) atoms. The average molecular weight is 586 g/mol. The number of carboxylic acid groups (broad SMARTS) is 2. The van der Waals surface area contributed by atoms with Gasteiger partial charge in [0.2, 0.25) is 5.91 Å². The maximum atomic E-state index is 12.3. The Morgan fingerprint density at radius 2 is 1.12 bits per heavy atom. The molecule has 0 radical (unpaired) electrons. The Labute approximate surface area is 246 Å². The van der Waals surface area contributed by atoms with Crippen molar-refractivity contribution < 1.29 is 43.7 Å². The predicted octanol–water partition coefficient (Wildman–Crippen LogP) is 5.49. The van der Waals surface area contributed by atoms with Crippen LogP contribution >= 0.6 is 0 Å². The van der Waals surface area contributed by atoms with Crippen molar-refractivity contribution in [2.24, 2.45) is 5.92 Å². The number of aliphatic carboxylic acids is 2. The first-order valence-corrected chi connectivity index (χ1v) is 15.6. The van der Waals surface area contributed by atoms with Crippen molar-refractivity contribution in [1.82, 2.24) is 5.32 Å². The van der Waals surface area contributed by atoms with Crippen LogP contribution in [-0.4, -0.2) is 72.6 Å². The van der Waals surface area contributed by atoms with E-state index in [1.165, 1.54) is 51.9 Å². The van der Waals surface area contributed by atoms with Crippen LogP contribution in [0, 0.1) is 5.92 Å². The van der Waals surface area contributed by atoms with E-state index in [9.17, 15) is 29.1 Å². The molecule has 0 rings (SSSR count). The van der Waals surface area contributed by atoms with Crippen LogP contribution in [0.15, 0.2) is 0 Å². The molecule has 0 aromatic rings. The molecular formula is C31H55NO9. The second-order valence-corrected chi connectivity index (χ2v) is 10.9. The summed E-state index contributed by atoms with van der Waals surface area (Å²) in [5.41, 5.74) is 0. The highest BCUT2D eigenvalue weighted by Gasteiger charge is 2.22. The summed E-state index contributed by atoms with van der Waals surface area (Å²) in [6.07, 6.45) is 16.3. The van der Waals surface area contributed by atoms with Crippen molar-refractivity contribution in [3.63, 3.8) is 0 Å². The number of unbranched alkanes of at least 4 members (excludes halogenated alkanes) is 13. The first kappa shape index (κ1) is 38.7. The van der Waals surface area contributed by atoms with Crippen LogP contribution in [0.3, 0.4) is 0 Å². The summed E-state index contributed by atoms with van der Waals surface area (Å²) in [5, 5.41) is 20.7. The second-order valence-electron chi connectivity index (χ2n) is 10.9. The third-order valence-corrected chi connectivity index (χ3v) is 6.89. The fraction of sp³-hybridized carbons (Fsp3) is 0.839. The zero-order valence-electron chi connectivity index (χ0n) is 25.3. The predicted molar refractivity (Wildman–Crippen MR) is 157 cm³/mol. The Bertz CT molecular complexity index is 726. The topological polar surface area (TPSA) is 156 Å². The molecule has 1 amide bonds. The standard InChI is InChI=1S/C31H55NO9/c1-26(33)25-41-23-22-40-21-20-32-29(35)19-18-27(31(38)39)24-28(34)16-14-12-10-8-6-4-2-3-5-7-9-11-13-15-17-30(36)37/h27H,2-25H2,1H3,(H,32,35)(H,36,37)(H,38,39)/t27-/m1/s1. The molecule has 0 bridgehead atoms. The molecule has 0 saturated carbocycles. The Morgan fingerprint density at radius 1 is 0.634 bits per heavy atom. The SMILES string of the molecule is CC(=O)COCCOCCNC(=O)CC[C@H](CC(=O)CCCCCCCCCCCCCCCCC(=O)O)C(=O)O. The van der Waals surface area contributed by atoms with Crippen molar-refractivity contribution >= 4 is 29.4 Å². The lowest BCUT2D eigenvalue weighted by molar-refractivity contribution is -0.144. The highest BCUT2D eigenvalue weighted by Crippen LogP contribution is 2.17. The number of carbonyl (C=O) groups is 5. The van der Waals surface area contributed by atoms with Crippen molar-refractivity contribution in [3.8, 4) is 0 Å². The molecule has 0 fully saturated rings. The van der Waals surface area contributed by atoms with E-state index in [0.717, 1.165) is 44.9 Å². The molecule has 10 heteroatoms. The highest BCUT2D eigenvalue weighted by molar-refractivity contribution is 5.84. The lowest BCUT2D eigenvalue weighted by atomic mass is 9.94. The summed E-state index contributed by atoms with van der Waals surface area (Å²) in [5.74, 6) is -2.98. The van der Waals surface area contributed by atoms with Crippen LogP contribution in [0.5, 0.6) is 0 Å². The molecule has 0 aliphatic heterocycles. The molecule has 0 aromatic heterocycles. The van der Waals surface area contributed by atoms with E-state index in [-0.39, 0.29) is 56.4 Å². The Morgan fingerprint density at radius 3 is 1.61 bits per heavy atom. The number of rotatable bonds is 31. The maximum absolute atomic E-state index is 12.3. The third kappa shape index (κ3) is 29.0. The fourth-order valence-electron chi connectivity index (χ4n) is 4.50. The van der Waals surface area contributed by atoms with Crippen LogP contribution < -0.4 is 5.32 Å².